The van der Waals surface area contributed by atoms with Crippen molar-refractivity contribution >= 4 is 11.5 Å². The molecule has 70 valence electrons. The van der Waals surface area contributed by atoms with E-state index in [0.29, 0.717) is 6.54 Å². The number of hydrogen-bond acceptors (Lipinski definition) is 2. The molecule has 3 heteroatoms. The molecule has 1 heterocycles. The Hall–Kier alpha value is -1.38. The van der Waals surface area contributed by atoms with Crippen molar-refractivity contribution in [3.63, 3.8) is 0 Å². The summed E-state index contributed by atoms with van der Waals surface area (Å²) in [6, 6.07) is 3.98. The number of hydrogen-bond donors (Lipinski definition) is 0. The van der Waals surface area contributed by atoms with Crippen LogP contribution in [0.1, 0.15) is 6.92 Å². The van der Waals surface area contributed by atoms with E-state index in [1.54, 1.807) is 6.92 Å². The van der Waals surface area contributed by atoms with Crippen LogP contribution >= 0.6 is 0 Å². The fourth-order valence-corrected chi connectivity index (χ4v) is 1.11. The lowest BCUT2D eigenvalue weighted by Crippen LogP contribution is -2.36. The lowest BCUT2D eigenvalue weighted by atomic mass is 10.3. The molecule has 0 bridgehead atoms. The van der Waals surface area contributed by atoms with Crippen molar-refractivity contribution in [2.45, 2.75) is 13.5 Å². The van der Waals surface area contributed by atoms with Crippen molar-refractivity contribution in [1.82, 2.24) is 0 Å². The maximum absolute atomic E-state index is 10.8. The van der Waals surface area contributed by atoms with E-state index in [9.17, 15) is 4.79 Å². The monoisotopic (exact) mass is 179 g/mol. The predicted octanol–water partition coefficient (Wildman–Crippen LogP) is 0.629. The highest BCUT2D eigenvalue weighted by Gasteiger charge is 2.04. The van der Waals surface area contributed by atoms with Crippen molar-refractivity contribution in [2.24, 2.45) is 0 Å². The molecule has 0 atom stereocenters. The van der Waals surface area contributed by atoms with Crippen molar-refractivity contribution in [1.29, 1.82) is 0 Å². The van der Waals surface area contributed by atoms with E-state index in [2.05, 4.69) is 0 Å². The Balaban J connectivity index is 2.75. The van der Waals surface area contributed by atoms with E-state index < -0.39 is 0 Å². The Kier molecular flexibility index (Phi) is 3.01. The average molecular weight is 179 g/mol. The van der Waals surface area contributed by atoms with Crippen LogP contribution in [0.25, 0.3) is 0 Å². The van der Waals surface area contributed by atoms with Crippen LogP contribution in [0.15, 0.2) is 24.5 Å². The largest absolute Gasteiger partial charge is 0.377 e. The summed E-state index contributed by atoms with van der Waals surface area (Å²) in [7, 11) is 3.98. The highest BCUT2D eigenvalue weighted by molar-refractivity contribution is 5.73. The number of pyridine rings is 1. The average Bonchev–Trinajstić information content (AvgIpc) is 2.04. The van der Waals surface area contributed by atoms with E-state index in [4.69, 9.17) is 0 Å². The van der Waals surface area contributed by atoms with Gasteiger partial charge in [-0.15, -0.1) is 0 Å². The van der Waals surface area contributed by atoms with Gasteiger partial charge >= 0.3 is 0 Å². The molecule has 1 aromatic heterocycles. The second-order valence-corrected chi connectivity index (χ2v) is 3.33. The topological polar surface area (TPSA) is 24.2 Å². The van der Waals surface area contributed by atoms with Crippen LogP contribution in [-0.4, -0.2) is 19.9 Å². The number of rotatable bonds is 3. The normalized spacial score (nSPS) is 9.77. The molecule has 0 fully saturated rings. The summed E-state index contributed by atoms with van der Waals surface area (Å²) in [4.78, 5) is 12.8. The number of aromatic nitrogens is 1. The SMILES string of the molecule is CC(=O)C[n+]1ccc(N(C)C)cc1. The summed E-state index contributed by atoms with van der Waals surface area (Å²) in [5, 5.41) is 0. The van der Waals surface area contributed by atoms with Gasteiger partial charge in [-0.1, -0.05) is 0 Å². The summed E-state index contributed by atoms with van der Waals surface area (Å²) in [6.07, 6.45) is 3.83. The zero-order valence-corrected chi connectivity index (χ0v) is 8.32. The van der Waals surface area contributed by atoms with Gasteiger partial charge in [-0.05, 0) is 0 Å². The number of carbonyl (C=O) groups is 1. The molecule has 0 saturated carbocycles. The number of carbonyl (C=O) groups excluding carboxylic acids is 1. The Morgan fingerprint density at radius 2 is 1.92 bits per heavy atom. The molecule has 1 aromatic rings. The molecule has 0 aromatic carbocycles. The Bertz CT molecular complexity index is 290. The van der Waals surface area contributed by atoms with Gasteiger partial charge in [0.2, 0.25) is 6.54 Å². The highest BCUT2D eigenvalue weighted by Crippen LogP contribution is 2.05. The lowest BCUT2D eigenvalue weighted by molar-refractivity contribution is -0.684. The molecule has 0 spiro atoms. The third kappa shape index (κ3) is 2.86. The van der Waals surface area contributed by atoms with Crippen LogP contribution in [0.5, 0.6) is 0 Å². The minimum absolute atomic E-state index is 0.169. The van der Waals surface area contributed by atoms with Crippen molar-refractivity contribution in [3.8, 4) is 0 Å². The van der Waals surface area contributed by atoms with Gasteiger partial charge in [0.1, 0.15) is 0 Å². The van der Waals surface area contributed by atoms with Gasteiger partial charge in [-0.3, -0.25) is 4.79 Å². The highest BCUT2D eigenvalue weighted by atomic mass is 16.1. The van der Waals surface area contributed by atoms with E-state index >= 15 is 0 Å². The molecule has 0 saturated heterocycles. The Labute approximate surface area is 78.6 Å². The second-order valence-electron chi connectivity index (χ2n) is 3.33. The van der Waals surface area contributed by atoms with Crippen molar-refractivity contribution in [3.05, 3.63) is 24.5 Å². The molecular formula is C10H15N2O+. The summed E-state index contributed by atoms with van der Waals surface area (Å²) >= 11 is 0. The van der Waals surface area contributed by atoms with E-state index in [1.165, 1.54) is 0 Å². The van der Waals surface area contributed by atoms with Gasteiger partial charge in [0.15, 0.2) is 18.2 Å². The Morgan fingerprint density at radius 1 is 1.38 bits per heavy atom. The molecule has 13 heavy (non-hydrogen) atoms. The first kappa shape index (κ1) is 9.71. The van der Waals surface area contributed by atoms with Crippen LogP contribution in [0.4, 0.5) is 5.69 Å². The van der Waals surface area contributed by atoms with Gasteiger partial charge in [0.25, 0.3) is 0 Å². The van der Waals surface area contributed by atoms with Crippen LogP contribution in [0, 0.1) is 0 Å². The minimum atomic E-state index is 0.169. The minimum Gasteiger partial charge on any atom is -0.377 e. The number of anilines is 1. The van der Waals surface area contributed by atoms with Gasteiger partial charge in [-0.2, -0.15) is 4.57 Å². The molecule has 0 radical (unpaired) electrons. The predicted molar refractivity (Wildman–Crippen MR) is 51.6 cm³/mol. The fourth-order valence-electron chi connectivity index (χ4n) is 1.11. The second kappa shape index (κ2) is 4.03. The molecule has 0 aliphatic carbocycles. The molecule has 0 amide bonds. The third-order valence-electron chi connectivity index (χ3n) is 1.80. The number of nitrogens with zero attached hydrogens (tertiary/aromatic N) is 2. The summed E-state index contributed by atoms with van der Waals surface area (Å²) in [6.45, 7) is 2.04. The van der Waals surface area contributed by atoms with Gasteiger partial charge in [0, 0.05) is 38.8 Å². The Morgan fingerprint density at radius 3 is 2.31 bits per heavy atom. The molecule has 1 rings (SSSR count). The quantitative estimate of drug-likeness (QED) is 0.635. The van der Waals surface area contributed by atoms with E-state index in [1.807, 2.05) is 48.1 Å². The van der Waals surface area contributed by atoms with Gasteiger partial charge in [0.05, 0.1) is 0 Å². The summed E-state index contributed by atoms with van der Waals surface area (Å²) in [5.41, 5.74) is 1.14. The molecule has 0 unspecified atom stereocenters. The maximum Gasteiger partial charge on any atom is 0.206 e. The van der Waals surface area contributed by atoms with Crippen molar-refractivity contribution < 1.29 is 9.36 Å². The molecule has 0 N–H and O–H groups in total. The zero-order valence-electron chi connectivity index (χ0n) is 8.32. The maximum atomic E-state index is 10.8. The third-order valence-corrected chi connectivity index (χ3v) is 1.80. The van der Waals surface area contributed by atoms with Crippen LogP contribution in [-0.2, 0) is 11.3 Å². The van der Waals surface area contributed by atoms with Crippen LogP contribution in [0.2, 0.25) is 0 Å². The van der Waals surface area contributed by atoms with Gasteiger partial charge in [-0.25, -0.2) is 0 Å². The van der Waals surface area contributed by atoms with Crippen molar-refractivity contribution in [2.75, 3.05) is 19.0 Å². The van der Waals surface area contributed by atoms with Crippen LogP contribution < -0.4 is 9.47 Å². The van der Waals surface area contributed by atoms with E-state index in [0.717, 1.165) is 5.69 Å². The molecule has 0 aliphatic heterocycles. The fraction of sp³-hybridized carbons (Fsp3) is 0.400. The summed E-state index contributed by atoms with van der Waals surface area (Å²) < 4.78 is 1.87. The van der Waals surface area contributed by atoms with Gasteiger partial charge < -0.3 is 4.90 Å². The molecule has 3 nitrogen and oxygen atoms in total. The van der Waals surface area contributed by atoms with Crippen LogP contribution in [0.3, 0.4) is 0 Å². The summed E-state index contributed by atoms with van der Waals surface area (Å²) in [5.74, 6) is 0.169. The molecule has 0 aliphatic rings. The standard InChI is InChI=1S/C10H15N2O/c1-9(13)8-12-6-4-10(5-7-12)11(2)3/h4-7H,8H2,1-3H3/q+1. The number of ketones is 1. The first-order valence-electron chi connectivity index (χ1n) is 4.25. The number of Topliss-reactive ketones (excluding diaryl/α,β-unsaturated/α-hetero) is 1. The smallest absolute Gasteiger partial charge is 0.206 e. The lowest BCUT2D eigenvalue weighted by Gasteiger charge is -2.10. The first-order valence-corrected chi connectivity index (χ1v) is 4.25. The zero-order chi connectivity index (χ0) is 9.84. The first-order chi connectivity index (χ1) is 6.09. The molecular weight excluding hydrogens is 164 g/mol. The van der Waals surface area contributed by atoms with E-state index in [-0.39, 0.29) is 5.78 Å².